The van der Waals surface area contributed by atoms with Gasteiger partial charge in [0.15, 0.2) is 0 Å². The Balaban J connectivity index is 2.01. The minimum absolute atomic E-state index is 0.0335. The zero-order valence-corrected chi connectivity index (χ0v) is 11.1. The van der Waals surface area contributed by atoms with Crippen molar-refractivity contribution in [3.63, 3.8) is 0 Å². The number of halogens is 1. The van der Waals surface area contributed by atoms with Gasteiger partial charge < -0.3 is 5.32 Å². The number of nitrogens with zero attached hydrogens (tertiary/aromatic N) is 3. The van der Waals surface area contributed by atoms with Crippen molar-refractivity contribution in [1.82, 2.24) is 15.1 Å². The van der Waals surface area contributed by atoms with Crippen LogP contribution in [0.5, 0.6) is 0 Å². The average Bonchev–Trinajstić information content (AvgIpc) is 2.77. The van der Waals surface area contributed by atoms with Crippen molar-refractivity contribution in [2.75, 3.05) is 0 Å². The summed E-state index contributed by atoms with van der Waals surface area (Å²) in [5.74, 6) is 0. The van der Waals surface area contributed by atoms with Crippen molar-refractivity contribution in [1.29, 1.82) is 0 Å². The molecule has 1 N–H and O–H groups in total. The average molecular weight is 281 g/mol. The van der Waals surface area contributed by atoms with Gasteiger partial charge in [-0.2, -0.15) is 5.10 Å². The maximum Gasteiger partial charge on any atom is 0.275 e. The van der Waals surface area contributed by atoms with E-state index in [9.17, 15) is 10.1 Å². The number of nitro benzene ring substituents is 1. The maximum absolute atomic E-state index is 10.9. The van der Waals surface area contributed by atoms with Crippen LogP contribution in [0.25, 0.3) is 0 Å². The zero-order valence-electron chi connectivity index (χ0n) is 10.3. The Morgan fingerprint density at radius 2 is 2.26 bits per heavy atom. The first-order chi connectivity index (χ1) is 9.06. The number of nitro groups is 1. The van der Waals surface area contributed by atoms with Gasteiger partial charge in [-0.05, 0) is 12.1 Å². The highest BCUT2D eigenvalue weighted by Gasteiger charge is 2.13. The lowest BCUT2D eigenvalue weighted by Gasteiger charge is -2.05. The summed E-state index contributed by atoms with van der Waals surface area (Å²) in [6, 6.07) is 4.68. The van der Waals surface area contributed by atoms with Crippen LogP contribution in [0.1, 0.15) is 11.1 Å². The molecule has 0 amide bonds. The Bertz CT molecular complexity index is 597. The normalized spacial score (nSPS) is 10.6. The summed E-state index contributed by atoms with van der Waals surface area (Å²) in [5, 5.41) is 18.5. The summed E-state index contributed by atoms with van der Waals surface area (Å²) in [6.45, 7) is 1.01. The molecule has 0 bridgehead atoms. The van der Waals surface area contributed by atoms with Crippen LogP contribution in [-0.4, -0.2) is 14.7 Å². The Kier molecular flexibility index (Phi) is 4.13. The van der Waals surface area contributed by atoms with Gasteiger partial charge in [0, 0.05) is 48.5 Å². The minimum atomic E-state index is -0.424. The van der Waals surface area contributed by atoms with E-state index < -0.39 is 4.92 Å². The molecular weight excluding hydrogens is 268 g/mol. The minimum Gasteiger partial charge on any atom is -0.308 e. The summed E-state index contributed by atoms with van der Waals surface area (Å²) < 4.78 is 1.71. The highest BCUT2D eigenvalue weighted by molar-refractivity contribution is 6.30. The third kappa shape index (κ3) is 3.52. The molecule has 19 heavy (non-hydrogen) atoms. The standard InChI is InChI=1S/C12H13ClN4O2/c1-16-8-9(6-15-16)5-14-7-10-2-3-11(13)4-12(10)17(18)19/h2-4,6,8,14H,5,7H2,1H3. The van der Waals surface area contributed by atoms with Gasteiger partial charge in [-0.15, -0.1) is 0 Å². The van der Waals surface area contributed by atoms with E-state index in [-0.39, 0.29) is 5.69 Å². The smallest absolute Gasteiger partial charge is 0.275 e. The van der Waals surface area contributed by atoms with Crippen LogP contribution < -0.4 is 5.32 Å². The van der Waals surface area contributed by atoms with Crippen LogP contribution in [-0.2, 0) is 20.1 Å². The van der Waals surface area contributed by atoms with Gasteiger partial charge in [-0.3, -0.25) is 14.8 Å². The number of aromatic nitrogens is 2. The second-order valence-corrected chi connectivity index (χ2v) is 4.59. The molecule has 1 heterocycles. The third-order valence-electron chi connectivity index (χ3n) is 2.65. The van der Waals surface area contributed by atoms with Crippen LogP contribution in [0.2, 0.25) is 5.02 Å². The zero-order chi connectivity index (χ0) is 13.8. The summed E-state index contributed by atoms with van der Waals surface area (Å²) in [5.41, 5.74) is 1.67. The molecule has 0 radical (unpaired) electrons. The van der Waals surface area contributed by atoms with Gasteiger partial charge in [-0.25, -0.2) is 0 Å². The molecule has 7 heteroatoms. The van der Waals surface area contributed by atoms with Crippen molar-refractivity contribution in [3.05, 3.63) is 56.9 Å². The first-order valence-corrected chi connectivity index (χ1v) is 6.05. The topological polar surface area (TPSA) is 73.0 Å². The number of nitrogens with one attached hydrogen (secondary N) is 1. The predicted molar refractivity (Wildman–Crippen MR) is 71.9 cm³/mol. The van der Waals surface area contributed by atoms with Crippen molar-refractivity contribution >= 4 is 17.3 Å². The van der Waals surface area contributed by atoms with E-state index in [1.54, 1.807) is 23.0 Å². The van der Waals surface area contributed by atoms with Crippen LogP contribution >= 0.6 is 11.6 Å². The molecule has 0 unspecified atom stereocenters. The second kappa shape index (κ2) is 5.81. The van der Waals surface area contributed by atoms with E-state index >= 15 is 0 Å². The summed E-state index contributed by atoms with van der Waals surface area (Å²) in [7, 11) is 1.84. The van der Waals surface area contributed by atoms with E-state index in [2.05, 4.69) is 10.4 Å². The van der Waals surface area contributed by atoms with Gasteiger partial charge in [-0.1, -0.05) is 11.6 Å². The SMILES string of the molecule is Cn1cc(CNCc2ccc(Cl)cc2[N+](=O)[O-])cn1. The Morgan fingerprint density at radius 1 is 1.47 bits per heavy atom. The van der Waals surface area contributed by atoms with Crippen molar-refractivity contribution in [3.8, 4) is 0 Å². The summed E-state index contributed by atoms with van der Waals surface area (Å²) in [6.07, 6.45) is 3.65. The van der Waals surface area contributed by atoms with Crippen LogP contribution in [0, 0.1) is 10.1 Å². The summed E-state index contributed by atoms with van der Waals surface area (Å²) >= 11 is 5.76. The molecule has 0 atom stereocenters. The molecule has 0 saturated heterocycles. The second-order valence-electron chi connectivity index (χ2n) is 4.16. The fourth-order valence-corrected chi connectivity index (χ4v) is 1.93. The predicted octanol–water partition coefficient (Wildman–Crippen LogP) is 2.27. The Labute approximate surface area is 115 Å². The Morgan fingerprint density at radius 3 is 2.89 bits per heavy atom. The molecule has 0 aliphatic carbocycles. The summed E-state index contributed by atoms with van der Waals surface area (Å²) in [4.78, 5) is 10.5. The largest absolute Gasteiger partial charge is 0.308 e. The van der Waals surface area contributed by atoms with Gasteiger partial charge in [0.05, 0.1) is 11.1 Å². The van der Waals surface area contributed by atoms with Gasteiger partial charge in [0.25, 0.3) is 5.69 Å². The van der Waals surface area contributed by atoms with Crippen molar-refractivity contribution in [2.45, 2.75) is 13.1 Å². The van der Waals surface area contributed by atoms with Crippen LogP contribution in [0.3, 0.4) is 0 Å². The Hall–Kier alpha value is -1.92. The van der Waals surface area contributed by atoms with E-state index in [4.69, 9.17) is 11.6 Å². The number of hydrogen-bond donors (Lipinski definition) is 1. The van der Waals surface area contributed by atoms with E-state index in [1.165, 1.54) is 6.07 Å². The molecule has 0 aliphatic heterocycles. The molecule has 0 fully saturated rings. The van der Waals surface area contributed by atoms with E-state index in [1.807, 2.05) is 13.2 Å². The number of benzene rings is 1. The van der Waals surface area contributed by atoms with Crippen LogP contribution in [0.4, 0.5) is 5.69 Å². The van der Waals surface area contributed by atoms with E-state index in [0.717, 1.165) is 5.56 Å². The third-order valence-corrected chi connectivity index (χ3v) is 2.88. The monoisotopic (exact) mass is 280 g/mol. The molecule has 0 spiro atoms. The molecule has 1 aromatic carbocycles. The van der Waals surface area contributed by atoms with Crippen molar-refractivity contribution in [2.24, 2.45) is 7.05 Å². The van der Waals surface area contributed by atoms with Gasteiger partial charge in [0.2, 0.25) is 0 Å². The number of hydrogen-bond acceptors (Lipinski definition) is 4. The van der Waals surface area contributed by atoms with Gasteiger partial charge in [0.1, 0.15) is 0 Å². The quantitative estimate of drug-likeness (QED) is 0.673. The molecule has 1 aromatic heterocycles. The molecular formula is C12H13ClN4O2. The first kappa shape index (κ1) is 13.5. The lowest BCUT2D eigenvalue weighted by atomic mass is 10.2. The molecule has 0 saturated carbocycles. The first-order valence-electron chi connectivity index (χ1n) is 5.67. The fraction of sp³-hybridized carbons (Fsp3) is 0.250. The van der Waals surface area contributed by atoms with Crippen LogP contribution in [0.15, 0.2) is 30.6 Å². The lowest BCUT2D eigenvalue weighted by molar-refractivity contribution is -0.385. The maximum atomic E-state index is 10.9. The van der Waals surface area contributed by atoms with E-state index in [0.29, 0.717) is 23.7 Å². The molecule has 2 rings (SSSR count). The highest BCUT2D eigenvalue weighted by Crippen LogP contribution is 2.23. The molecule has 2 aromatic rings. The highest BCUT2D eigenvalue weighted by atomic mass is 35.5. The van der Waals surface area contributed by atoms with Crippen molar-refractivity contribution < 1.29 is 4.92 Å². The lowest BCUT2D eigenvalue weighted by Crippen LogP contribution is -2.13. The fourth-order valence-electron chi connectivity index (χ4n) is 1.76. The molecule has 0 aliphatic rings. The number of aryl methyl sites for hydroxylation is 1. The van der Waals surface area contributed by atoms with Gasteiger partial charge >= 0.3 is 0 Å². The molecule has 100 valence electrons. The number of rotatable bonds is 5. The molecule has 6 nitrogen and oxygen atoms in total.